The average molecular weight is 671 g/mol. The second-order valence-electron chi connectivity index (χ2n) is 12.8. The quantitative estimate of drug-likeness (QED) is 0.187. The van der Waals surface area contributed by atoms with E-state index in [4.69, 9.17) is 19.4 Å². The van der Waals surface area contributed by atoms with Crippen molar-refractivity contribution in [1.29, 1.82) is 0 Å². The van der Waals surface area contributed by atoms with Gasteiger partial charge >= 0.3 is 0 Å². The van der Waals surface area contributed by atoms with Gasteiger partial charge in [-0.3, -0.25) is 0 Å². The highest BCUT2D eigenvalue weighted by Crippen LogP contribution is 2.44. The number of fused-ring (bicyclic) bond motifs is 10. The van der Waals surface area contributed by atoms with Crippen molar-refractivity contribution in [2.24, 2.45) is 0 Å². The van der Waals surface area contributed by atoms with Crippen LogP contribution in [0, 0.1) is 0 Å². The third-order valence-electron chi connectivity index (χ3n) is 9.85. The fourth-order valence-corrected chi connectivity index (χ4v) is 8.63. The van der Waals surface area contributed by atoms with Gasteiger partial charge in [0, 0.05) is 70.2 Å². The molecule has 5 nitrogen and oxygen atoms in total. The number of hydrogen-bond donors (Lipinski definition) is 0. The van der Waals surface area contributed by atoms with E-state index in [2.05, 4.69) is 102 Å². The first kappa shape index (κ1) is 28.2. The second kappa shape index (κ2) is 10.9. The Labute approximate surface area is 295 Å². The van der Waals surface area contributed by atoms with E-state index in [1.54, 1.807) is 11.3 Å². The largest absolute Gasteiger partial charge is 0.456 e. The molecular weight excluding hydrogens is 645 g/mol. The van der Waals surface area contributed by atoms with Gasteiger partial charge in [-0.1, -0.05) is 97.1 Å². The van der Waals surface area contributed by atoms with E-state index >= 15 is 0 Å². The van der Waals surface area contributed by atoms with Crippen LogP contribution in [-0.4, -0.2) is 19.5 Å². The van der Waals surface area contributed by atoms with Crippen molar-refractivity contribution < 1.29 is 4.42 Å². The van der Waals surface area contributed by atoms with Crippen molar-refractivity contribution in [3.8, 4) is 39.9 Å². The lowest BCUT2D eigenvalue weighted by Gasteiger charge is -2.08. The van der Waals surface area contributed by atoms with Crippen molar-refractivity contribution in [3.05, 3.63) is 158 Å². The smallest absolute Gasteiger partial charge is 0.164 e. The molecule has 238 valence electrons. The van der Waals surface area contributed by atoms with Crippen molar-refractivity contribution >= 4 is 75.3 Å². The summed E-state index contributed by atoms with van der Waals surface area (Å²) in [5.41, 5.74) is 8.02. The van der Waals surface area contributed by atoms with Gasteiger partial charge in [-0.25, -0.2) is 15.0 Å². The Balaban J connectivity index is 1.11. The molecule has 0 aliphatic rings. The highest BCUT2D eigenvalue weighted by atomic mass is 32.1. The summed E-state index contributed by atoms with van der Waals surface area (Å²) >= 11 is 1.80. The van der Waals surface area contributed by atoms with Crippen LogP contribution in [-0.2, 0) is 0 Å². The molecule has 11 rings (SSSR count). The molecule has 0 saturated heterocycles. The second-order valence-corrected chi connectivity index (χ2v) is 13.9. The van der Waals surface area contributed by atoms with Crippen LogP contribution in [0.15, 0.2) is 162 Å². The summed E-state index contributed by atoms with van der Waals surface area (Å²) < 4.78 is 11.4. The Morgan fingerprint density at radius 1 is 0.412 bits per heavy atom. The van der Waals surface area contributed by atoms with Gasteiger partial charge in [-0.2, -0.15) is 0 Å². The Bertz CT molecular complexity index is 3030. The Kier molecular flexibility index (Phi) is 6.05. The fraction of sp³-hybridized carbons (Fsp3) is 0. The third-order valence-corrected chi connectivity index (χ3v) is 11.0. The normalized spacial score (nSPS) is 11.9. The number of aromatic nitrogens is 4. The molecule has 0 saturated carbocycles. The molecule has 7 aromatic carbocycles. The van der Waals surface area contributed by atoms with E-state index in [-0.39, 0.29) is 0 Å². The first-order valence-electron chi connectivity index (χ1n) is 16.9. The molecule has 0 aliphatic carbocycles. The lowest BCUT2D eigenvalue weighted by atomic mass is 10.0. The summed E-state index contributed by atoms with van der Waals surface area (Å²) in [5, 5.41) is 7.07. The monoisotopic (exact) mass is 670 g/mol. The molecule has 11 aromatic rings. The number of hydrogen-bond acceptors (Lipinski definition) is 5. The number of thiophene rings is 1. The van der Waals surface area contributed by atoms with Gasteiger partial charge in [-0.15, -0.1) is 11.3 Å². The maximum Gasteiger partial charge on any atom is 0.164 e. The van der Waals surface area contributed by atoms with Crippen LogP contribution in [0.1, 0.15) is 0 Å². The molecule has 0 atom stereocenters. The standard InChI is InChI=1S/C45H26N4OS/c1-3-11-27(12-4-1)43-46-44(28-13-5-2-6-14-28)48-45(47-43)29-19-23-39-34(25-29)42-40(51-39)24-22-37-41(42)33-21-20-30(26-38(33)50-37)49-35-17-9-7-15-31(35)32-16-8-10-18-36(32)49/h1-26H. The molecular formula is C45H26N4OS. The Morgan fingerprint density at radius 2 is 1.00 bits per heavy atom. The number of para-hydroxylation sites is 2. The third kappa shape index (κ3) is 4.37. The lowest BCUT2D eigenvalue weighted by Crippen LogP contribution is -2.00. The van der Waals surface area contributed by atoms with Crippen LogP contribution >= 0.6 is 11.3 Å². The Hall–Kier alpha value is -6.63. The lowest BCUT2D eigenvalue weighted by molar-refractivity contribution is 0.669. The van der Waals surface area contributed by atoms with E-state index < -0.39 is 0 Å². The Morgan fingerprint density at radius 3 is 1.67 bits per heavy atom. The average Bonchev–Trinajstić information content (AvgIpc) is 3.87. The molecule has 0 radical (unpaired) electrons. The SMILES string of the molecule is c1ccc(-c2nc(-c3ccccc3)nc(-c3ccc4sc5ccc6oc7cc(-n8c9ccccc9c9ccccc98)ccc7c6c5c4c3)n2)cc1. The molecule has 4 heterocycles. The molecule has 0 amide bonds. The molecule has 0 spiro atoms. The first-order chi connectivity index (χ1) is 25.3. The highest BCUT2D eigenvalue weighted by Gasteiger charge is 2.19. The molecule has 6 heteroatoms. The van der Waals surface area contributed by atoms with E-state index in [0.717, 1.165) is 49.7 Å². The van der Waals surface area contributed by atoms with E-state index in [9.17, 15) is 0 Å². The molecule has 4 aromatic heterocycles. The van der Waals surface area contributed by atoms with E-state index in [1.165, 1.54) is 36.6 Å². The number of nitrogens with zero attached hydrogens (tertiary/aromatic N) is 4. The fourth-order valence-electron chi connectivity index (χ4n) is 7.54. The number of benzene rings is 7. The van der Waals surface area contributed by atoms with Gasteiger partial charge in [0.2, 0.25) is 0 Å². The van der Waals surface area contributed by atoms with Gasteiger partial charge < -0.3 is 8.98 Å². The maximum absolute atomic E-state index is 6.64. The minimum absolute atomic E-state index is 0.643. The summed E-state index contributed by atoms with van der Waals surface area (Å²) in [6, 6.07) is 54.9. The van der Waals surface area contributed by atoms with Crippen LogP contribution in [0.2, 0.25) is 0 Å². The van der Waals surface area contributed by atoms with Gasteiger partial charge in [-0.05, 0) is 54.6 Å². The van der Waals surface area contributed by atoms with Crippen molar-refractivity contribution in [2.45, 2.75) is 0 Å². The zero-order valence-corrected chi connectivity index (χ0v) is 27.9. The minimum Gasteiger partial charge on any atom is -0.456 e. The van der Waals surface area contributed by atoms with Gasteiger partial charge in [0.25, 0.3) is 0 Å². The molecule has 0 aliphatic heterocycles. The predicted octanol–water partition coefficient (Wildman–Crippen LogP) is 12.2. The van der Waals surface area contributed by atoms with Crippen molar-refractivity contribution in [3.63, 3.8) is 0 Å². The predicted molar refractivity (Wildman–Crippen MR) is 211 cm³/mol. The van der Waals surface area contributed by atoms with Crippen LogP contribution in [0.5, 0.6) is 0 Å². The summed E-state index contributed by atoms with van der Waals surface area (Å²) in [6.07, 6.45) is 0. The summed E-state index contributed by atoms with van der Waals surface area (Å²) in [5.74, 6) is 1.94. The van der Waals surface area contributed by atoms with E-state index in [1.807, 2.05) is 60.7 Å². The van der Waals surface area contributed by atoms with E-state index in [0.29, 0.717) is 17.5 Å². The topological polar surface area (TPSA) is 56.7 Å². The molecule has 0 unspecified atom stereocenters. The van der Waals surface area contributed by atoms with Gasteiger partial charge in [0.15, 0.2) is 17.5 Å². The maximum atomic E-state index is 6.64. The summed E-state index contributed by atoms with van der Waals surface area (Å²) in [6.45, 7) is 0. The zero-order chi connectivity index (χ0) is 33.5. The molecule has 0 bridgehead atoms. The van der Waals surface area contributed by atoms with Crippen LogP contribution in [0.3, 0.4) is 0 Å². The molecule has 51 heavy (non-hydrogen) atoms. The van der Waals surface area contributed by atoms with Crippen molar-refractivity contribution in [2.75, 3.05) is 0 Å². The number of furan rings is 1. The first-order valence-corrected chi connectivity index (χ1v) is 17.8. The van der Waals surface area contributed by atoms with Gasteiger partial charge in [0.05, 0.1) is 11.0 Å². The highest BCUT2D eigenvalue weighted by molar-refractivity contribution is 7.26. The number of rotatable bonds is 4. The van der Waals surface area contributed by atoms with Gasteiger partial charge in [0.1, 0.15) is 11.2 Å². The minimum atomic E-state index is 0.643. The van der Waals surface area contributed by atoms with Crippen LogP contribution in [0.25, 0.3) is 104 Å². The molecule has 0 fully saturated rings. The van der Waals surface area contributed by atoms with Crippen molar-refractivity contribution in [1.82, 2.24) is 19.5 Å². The summed E-state index contributed by atoms with van der Waals surface area (Å²) in [4.78, 5) is 14.9. The van der Waals surface area contributed by atoms with Crippen LogP contribution < -0.4 is 0 Å². The summed E-state index contributed by atoms with van der Waals surface area (Å²) in [7, 11) is 0. The van der Waals surface area contributed by atoms with Crippen LogP contribution in [0.4, 0.5) is 0 Å². The molecule has 0 N–H and O–H groups in total. The zero-order valence-electron chi connectivity index (χ0n) is 27.1.